The molecular formula is C19H22O2S. The minimum atomic E-state index is -3.23. The van der Waals surface area contributed by atoms with E-state index >= 15 is 0 Å². The topological polar surface area (TPSA) is 34.1 Å². The van der Waals surface area contributed by atoms with Crippen molar-refractivity contribution in [3.8, 4) is 0 Å². The maximum Gasteiger partial charge on any atom is 0.178 e. The Morgan fingerprint density at radius 1 is 0.864 bits per heavy atom. The highest BCUT2D eigenvalue weighted by atomic mass is 32.2. The largest absolute Gasteiger partial charge is 0.224 e. The SMILES string of the molecule is O=S(=O)(CCc1ccccc1)c1ccccc1C1CCCC1. The lowest BCUT2D eigenvalue weighted by atomic mass is 9.98. The third-order valence-electron chi connectivity index (χ3n) is 4.55. The summed E-state index contributed by atoms with van der Waals surface area (Å²) in [6, 6.07) is 17.4. The molecule has 0 heterocycles. The molecule has 1 aliphatic rings. The second-order valence-corrected chi connectivity index (χ2v) is 8.15. The third-order valence-corrected chi connectivity index (χ3v) is 6.33. The van der Waals surface area contributed by atoms with Crippen molar-refractivity contribution in [1.29, 1.82) is 0 Å². The van der Waals surface area contributed by atoms with E-state index in [-0.39, 0.29) is 5.75 Å². The summed E-state index contributed by atoms with van der Waals surface area (Å²) in [5.74, 6) is 0.600. The van der Waals surface area contributed by atoms with Gasteiger partial charge in [-0.25, -0.2) is 8.42 Å². The van der Waals surface area contributed by atoms with Crippen LogP contribution in [0.5, 0.6) is 0 Å². The van der Waals surface area contributed by atoms with E-state index in [1.54, 1.807) is 6.07 Å². The molecule has 2 aromatic carbocycles. The van der Waals surface area contributed by atoms with Crippen LogP contribution in [0.4, 0.5) is 0 Å². The van der Waals surface area contributed by atoms with Crippen LogP contribution in [-0.2, 0) is 16.3 Å². The van der Waals surface area contributed by atoms with E-state index in [4.69, 9.17) is 0 Å². The van der Waals surface area contributed by atoms with Crippen molar-refractivity contribution < 1.29 is 8.42 Å². The first-order valence-electron chi connectivity index (χ1n) is 8.02. The van der Waals surface area contributed by atoms with Crippen molar-refractivity contribution in [3.05, 3.63) is 65.7 Å². The molecule has 0 amide bonds. The lowest BCUT2D eigenvalue weighted by molar-refractivity contribution is 0.591. The highest BCUT2D eigenvalue weighted by Gasteiger charge is 2.25. The van der Waals surface area contributed by atoms with Crippen LogP contribution in [0.25, 0.3) is 0 Å². The maximum absolute atomic E-state index is 12.8. The van der Waals surface area contributed by atoms with E-state index in [9.17, 15) is 8.42 Å². The van der Waals surface area contributed by atoms with Crippen LogP contribution in [0.15, 0.2) is 59.5 Å². The second kappa shape index (κ2) is 6.66. The molecule has 0 aliphatic heterocycles. The summed E-state index contributed by atoms with van der Waals surface area (Å²) in [5, 5.41) is 0. The smallest absolute Gasteiger partial charge is 0.178 e. The van der Waals surface area contributed by atoms with Gasteiger partial charge in [0, 0.05) is 0 Å². The predicted molar refractivity (Wildman–Crippen MR) is 89.8 cm³/mol. The zero-order valence-electron chi connectivity index (χ0n) is 12.7. The Bertz CT molecular complexity index is 714. The molecule has 0 radical (unpaired) electrons. The van der Waals surface area contributed by atoms with Gasteiger partial charge < -0.3 is 0 Å². The Labute approximate surface area is 133 Å². The molecule has 0 atom stereocenters. The monoisotopic (exact) mass is 314 g/mol. The zero-order valence-corrected chi connectivity index (χ0v) is 13.6. The van der Waals surface area contributed by atoms with E-state index in [0.29, 0.717) is 17.2 Å². The second-order valence-electron chi connectivity index (χ2n) is 6.07. The first-order chi connectivity index (χ1) is 10.7. The van der Waals surface area contributed by atoms with E-state index < -0.39 is 9.84 Å². The molecule has 1 aliphatic carbocycles. The minimum Gasteiger partial charge on any atom is -0.224 e. The predicted octanol–water partition coefficient (Wildman–Crippen LogP) is 4.36. The van der Waals surface area contributed by atoms with Crippen LogP contribution in [-0.4, -0.2) is 14.2 Å². The van der Waals surface area contributed by atoms with Crippen LogP contribution in [0.2, 0.25) is 0 Å². The standard InChI is InChI=1S/C19H22O2S/c20-22(21,15-14-16-8-2-1-3-9-16)19-13-7-6-12-18(19)17-10-4-5-11-17/h1-3,6-9,12-13,17H,4-5,10-11,14-15H2. The number of rotatable bonds is 5. The number of sulfone groups is 1. The van der Waals surface area contributed by atoms with Gasteiger partial charge in [0.25, 0.3) is 0 Å². The quantitative estimate of drug-likeness (QED) is 0.821. The molecule has 0 N–H and O–H groups in total. The molecule has 1 saturated carbocycles. The van der Waals surface area contributed by atoms with Gasteiger partial charge in [-0.15, -0.1) is 0 Å². The number of aryl methyl sites for hydroxylation is 1. The molecular weight excluding hydrogens is 292 g/mol. The van der Waals surface area contributed by atoms with Crippen molar-refractivity contribution in [2.75, 3.05) is 5.75 Å². The van der Waals surface area contributed by atoms with Gasteiger partial charge in [-0.05, 0) is 42.4 Å². The Balaban J connectivity index is 1.83. The molecule has 0 aromatic heterocycles. The first kappa shape index (κ1) is 15.3. The molecule has 116 valence electrons. The third kappa shape index (κ3) is 3.41. The lowest BCUT2D eigenvalue weighted by Gasteiger charge is -2.15. The van der Waals surface area contributed by atoms with Crippen molar-refractivity contribution >= 4 is 9.84 Å². The van der Waals surface area contributed by atoms with Crippen molar-refractivity contribution in [2.24, 2.45) is 0 Å². The Morgan fingerprint density at radius 3 is 2.23 bits per heavy atom. The molecule has 2 aromatic rings. The van der Waals surface area contributed by atoms with Crippen molar-refractivity contribution in [3.63, 3.8) is 0 Å². The fraction of sp³-hybridized carbons (Fsp3) is 0.368. The van der Waals surface area contributed by atoms with Gasteiger partial charge in [0.05, 0.1) is 10.6 Å². The Kier molecular flexibility index (Phi) is 4.63. The summed E-state index contributed by atoms with van der Waals surface area (Å²) in [7, 11) is -3.23. The fourth-order valence-electron chi connectivity index (χ4n) is 3.34. The van der Waals surface area contributed by atoms with Crippen LogP contribution in [0.1, 0.15) is 42.7 Å². The molecule has 22 heavy (non-hydrogen) atoms. The molecule has 0 saturated heterocycles. The summed E-state index contributed by atoms with van der Waals surface area (Å²) in [5.41, 5.74) is 2.11. The Hall–Kier alpha value is -1.61. The van der Waals surface area contributed by atoms with Crippen LogP contribution >= 0.6 is 0 Å². The average molecular weight is 314 g/mol. The van der Waals surface area contributed by atoms with Gasteiger partial charge in [0.15, 0.2) is 9.84 Å². The summed E-state index contributed by atoms with van der Waals surface area (Å²) in [6.45, 7) is 0. The summed E-state index contributed by atoms with van der Waals surface area (Å²) in [6.07, 6.45) is 5.23. The molecule has 1 fully saturated rings. The molecule has 3 heteroatoms. The maximum atomic E-state index is 12.8. The molecule has 0 spiro atoms. The van der Waals surface area contributed by atoms with E-state index in [1.807, 2.05) is 48.5 Å². The van der Waals surface area contributed by atoms with Crippen molar-refractivity contribution in [1.82, 2.24) is 0 Å². The summed E-state index contributed by atoms with van der Waals surface area (Å²) >= 11 is 0. The van der Waals surface area contributed by atoms with Gasteiger partial charge in [-0.2, -0.15) is 0 Å². The molecule has 0 unspecified atom stereocenters. The van der Waals surface area contributed by atoms with Gasteiger partial charge >= 0.3 is 0 Å². The molecule has 3 rings (SSSR count). The normalized spacial score (nSPS) is 16.0. The highest BCUT2D eigenvalue weighted by Crippen LogP contribution is 2.37. The average Bonchev–Trinajstić information content (AvgIpc) is 3.08. The van der Waals surface area contributed by atoms with Crippen LogP contribution in [0, 0.1) is 0 Å². The van der Waals surface area contributed by atoms with Gasteiger partial charge in [0.1, 0.15) is 0 Å². The summed E-state index contributed by atoms with van der Waals surface area (Å²) < 4.78 is 25.6. The lowest BCUT2D eigenvalue weighted by Crippen LogP contribution is -2.12. The van der Waals surface area contributed by atoms with E-state index in [1.165, 1.54) is 12.8 Å². The Morgan fingerprint density at radius 2 is 1.50 bits per heavy atom. The van der Waals surface area contributed by atoms with Gasteiger partial charge in [-0.3, -0.25) is 0 Å². The number of hydrogen-bond acceptors (Lipinski definition) is 2. The number of benzene rings is 2. The minimum absolute atomic E-state index is 0.181. The first-order valence-corrected chi connectivity index (χ1v) is 9.68. The number of hydrogen-bond donors (Lipinski definition) is 0. The molecule has 2 nitrogen and oxygen atoms in total. The van der Waals surface area contributed by atoms with Crippen molar-refractivity contribution in [2.45, 2.75) is 42.9 Å². The zero-order chi connectivity index (χ0) is 15.4. The van der Waals surface area contributed by atoms with E-state index in [2.05, 4.69) is 0 Å². The van der Waals surface area contributed by atoms with Crippen LogP contribution in [0.3, 0.4) is 0 Å². The van der Waals surface area contributed by atoms with Crippen LogP contribution < -0.4 is 0 Å². The fourth-order valence-corrected chi connectivity index (χ4v) is 4.95. The van der Waals surface area contributed by atoms with Gasteiger partial charge in [0.2, 0.25) is 0 Å². The molecule has 0 bridgehead atoms. The van der Waals surface area contributed by atoms with Gasteiger partial charge in [-0.1, -0.05) is 61.4 Å². The summed E-state index contributed by atoms with van der Waals surface area (Å²) in [4.78, 5) is 0.554. The highest BCUT2D eigenvalue weighted by molar-refractivity contribution is 7.91. The van der Waals surface area contributed by atoms with E-state index in [0.717, 1.165) is 24.0 Å².